The minimum absolute atomic E-state index is 0.471. The molecule has 2 heteroatoms. The van der Waals surface area contributed by atoms with Crippen molar-refractivity contribution in [2.75, 3.05) is 32.7 Å². The lowest BCUT2D eigenvalue weighted by Gasteiger charge is -2.37. The fourth-order valence-corrected chi connectivity index (χ4v) is 2.51. The first-order valence-electron chi connectivity index (χ1n) is 8.11. The van der Waals surface area contributed by atoms with E-state index in [0.717, 1.165) is 6.54 Å². The average Bonchev–Trinajstić information content (AvgIpc) is 2.42. The first-order chi connectivity index (χ1) is 8.67. The zero-order chi connectivity index (χ0) is 13.9. The minimum Gasteiger partial charge on any atom is -0.316 e. The SMILES string of the molecule is CCCCN(CC)CC(CC)(CC)CNCCC. The van der Waals surface area contributed by atoms with Crippen LogP contribution in [0.5, 0.6) is 0 Å². The molecule has 110 valence electrons. The summed E-state index contributed by atoms with van der Waals surface area (Å²) in [5, 5.41) is 3.64. The highest BCUT2D eigenvalue weighted by Crippen LogP contribution is 2.27. The molecule has 2 nitrogen and oxygen atoms in total. The molecule has 0 atom stereocenters. The van der Waals surface area contributed by atoms with Gasteiger partial charge in [0.1, 0.15) is 0 Å². The van der Waals surface area contributed by atoms with Gasteiger partial charge in [-0.25, -0.2) is 0 Å². The lowest BCUT2D eigenvalue weighted by molar-refractivity contribution is 0.137. The second-order valence-electron chi connectivity index (χ2n) is 5.61. The van der Waals surface area contributed by atoms with Gasteiger partial charge in [-0.2, -0.15) is 0 Å². The summed E-state index contributed by atoms with van der Waals surface area (Å²) in [6, 6.07) is 0. The van der Waals surface area contributed by atoms with Crippen molar-refractivity contribution in [3.05, 3.63) is 0 Å². The van der Waals surface area contributed by atoms with Gasteiger partial charge in [-0.15, -0.1) is 0 Å². The predicted octanol–water partition coefficient (Wildman–Crippen LogP) is 3.91. The van der Waals surface area contributed by atoms with Gasteiger partial charge in [0.2, 0.25) is 0 Å². The summed E-state index contributed by atoms with van der Waals surface area (Å²) >= 11 is 0. The molecule has 0 aromatic rings. The maximum absolute atomic E-state index is 3.64. The molecule has 0 radical (unpaired) electrons. The molecular weight excluding hydrogens is 220 g/mol. The Labute approximate surface area is 116 Å². The quantitative estimate of drug-likeness (QED) is 0.533. The molecule has 1 N–H and O–H groups in total. The van der Waals surface area contributed by atoms with E-state index >= 15 is 0 Å². The van der Waals surface area contributed by atoms with E-state index in [0.29, 0.717) is 5.41 Å². The Balaban J connectivity index is 4.35. The van der Waals surface area contributed by atoms with Gasteiger partial charge in [0, 0.05) is 13.1 Å². The standard InChI is InChI=1S/C16H36N2/c1-6-11-13-18(10-5)15-16(8-3,9-4)14-17-12-7-2/h17H,6-15H2,1-5H3. The summed E-state index contributed by atoms with van der Waals surface area (Å²) in [5.41, 5.74) is 0.471. The lowest BCUT2D eigenvalue weighted by Crippen LogP contribution is -2.44. The highest BCUT2D eigenvalue weighted by molar-refractivity contribution is 4.82. The molecule has 0 saturated carbocycles. The monoisotopic (exact) mass is 256 g/mol. The van der Waals surface area contributed by atoms with E-state index in [1.54, 1.807) is 0 Å². The molecule has 0 rings (SSSR count). The van der Waals surface area contributed by atoms with E-state index in [-0.39, 0.29) is 0 Å². The summed E-state index contributed by atoms with van der Waals surface area (Å²) in [5.74, 6) is 0. The summed E-state index contributed by atoms with van der Waals surface area (Å²) < 4.78 is 0. The maximum atomic E-state index is 3.64. The molecule has 0 fully saturated rings. The van der Waals surface area contributed by atoms with E-state index in [1.165, 1.54) is 58.3 Å². The molecule has 18 heavy (non-hydrogen) atoms. The van der Waals surface area contributed by atoms with Gasteiger partial charge in [-0.05, 0) is 50.7 Å². The number of hydrogen-bond donors (Lipinski definition) is 1. The number of unbranched alkanes of at least 4 members (excludes halogenated alkanes) is 1. The van der Waals surface area contributed by atoms with E-state index < -0.39 is 0 Å². The number of rotatable bonds is 12. The fraction of sp³-hybridized carbons (Fsp3) is 1.00. The van der Waals surface area contributed by atoms with Gasteiger partial charge in [0.05, 0.1) is 0 Å². The van der Waals surface area contributed by atoms with Crippen LogP contribution in [-0.2, 0) is 0 Å². The zero-order valence-electron chi connectivity index (χ0n) is 13.5. The van der Waals surface area contributed by atoms with Gasteiger partial charge in [-0.3, -0.25) is 0 Å². The van der Waals surface area contributed by atoms with Crippen molar-refractivity contribution in [1.82, 2.24) is 10.2 Å². The van der Waals surface area contributed by atoms with Crippen LogP contribution in [0, 0.1) is 5.41 Å². The second-order valence-corrected chi connectivity index (χ2v) is 5.61. The molecule has 0 aromatic heterocycles. The van der Waals surface area contributed by atoms with Gasteiger partial charge >= 0.3 is 0 Å². The Kier molecular flexibility index (Phi) is 10.8. The van der Waals surface area contributed by atoms with E-state index in [1.807, 2.05) is 0 Å². The van der Waals surface area contributed by atoms with Gasteiger partial charge in [0.25, 0.3) is 0 Å². The van der Waals surface area contributed by atoms with Crippen molar-refractivity contribution in [3.8, 4) is 0 Å². The van der Waals surface area contributed by atoms with Crippen LogP contribution < -0.4 is 5.32 Å². The van der Waals surface area contributed by atoms with E-state index in [9.17, 15) is 0 Å². The van der Waals surface area contributed by atoms with Crippen molar-refractivity contribution in [2.45, 2.75) is 66.7 Å². The molecule has 0 amide bonds. The molecule has 0 unspecified atom stereocenters. The first kappa shape index (κ1) is 17.9. The van der Waals surface area contributed by atoms with Crippen LogP contribution in [0.3, 0.4) is 0 Å². The molecule has 0 saturated heterocycles. The highest BCUT2D eigenvalue weighted by Gasteiger charge is 2.27. The first-order valence-corrected chi connectivity index (χ1v) is 8.11. The zero-order valence-corrected chi connectivity index (χ0v) is 13.5. The Morgan fingerprint density at radius 3 is 2.06 bits per heavy atom. The van der Waals surface area contributed by atoms with Crippen LogP contribution in [0.2, 0.25) is 0 Å². The summed E-state index contributed by atoms with van der Waals surface area (Å²) in [6.07, 6.45) is 6.43. The van der Waals surface area contributed by atoms with Gasteiger partial charge in [-0.1, -0.05) is 41.0 Å². The highest BCUT2D eigenvalue weighted by atomic mass is 15.1. The second kappa shape index (κ2) is 10.8. The van der Waals surface area contributed by atoms with Crippen molar-refractivity contribution in [3.63, 3.8) is 0 Å². The molecule has 0 aromatic carbocycles. The molecule has 0 aliphatic carbocycles. The summed E-state index contributed by atoms with van der Waals surface area (Å²) in [4.78, 5) is 2.64. The topological polar surface area (TPSA) is 15.3 Å². The largest absolute Gasteiger partial charge is 0.316 e. The summed E-state index contributed by atoms with van der Waals surface area (Å²) in [7, 11) is 0. The molecular formula is C16H36N2. The van der Waals surface area contributed by atoms with Gasteiger partial charge < -0.3 is 10.2 Å². The van der Waals surface area contributed by atoms with Crippen molar-refractivity contribution in [2.24, 2.45) is 5.41 Å². The average molecular weight is 256 g/mol. The molecule has 0 aliphatic rings. The number of nitrogens with one attached hydrogen (secondary N) is 1. The van der Waals surface area contributed by atoms with Crippen LogP contribution in [0.25, 0.3) is 0 Å². The van der Waals surface area contributed by atoms with Crippen molar-refractivity contribution < 1.29 is 0 Å². The van der Waals surface area contributed by atoms with Crippen LogP contribution in [0.4, 0.5) is 0 Å². The predicted molar refractivity (Wildman–Crippen MR) is 83.2 cm³/mol. The number of nitrogens with zero attached hydrogens (tertiary/aromatic N) is 1. The third-order valence-corrected chi connectivity index (χ3v) is 4.26. The summed E-state index contributed by atoms with van der Waals surface area (Å²) in [6.45, 7) is 17.6. The van der Waals surface area contributed by atoms with Crippen LogP contribution in [0.1, 0.15) is 66.7 Å². The minimum atomic E-state index is 0.471. The Morgan fingerprint density at radius 2 is 1.61 bits per heavy atom. The molecule has 0 spiro atoms. The van der Waals surface area contributed by atoms with Crippen LogP contribution >= 0.6 is 0 Å². The molecule has 0 bridgehead atoms. The molecule has 0 aliphatic heterocycles. The van der Waals surface area contributed by atoms with Crippen molar-refractivity contribution >= 4 is 0 Å². The van der Waals surface area contributed by atoms with E-state index in [2.05, 4.69) is 44.8 Å². The van der Waals surface area contributed by atoms with E-state index in [4.69, 9.17) is 0 Å². The number of hydrogen-bond acceptors (Lipinski definition) is 2. The Bertz CT molecular complexity index is 176. The Hall–Kier alpha value is -0.0800. The maximum Gasteiger partial charge on any atom is 0.00498 e. The lowest BCUT2D eigenvalue weighted by atomic mass is 9.81. The molecule has 0 heterocycles. The van der Waals surface area contributed by atoms with Crippen molar-refractivity contribution in [1.29, 1.82) is 0 Å². The normalized spacial score (nSPS) is 12.3. The van der Waals surface area contributed by atoms with Crippen LogP contribution in [-0.4, -0.2) is 37.6 Å². The smallest absolute Gasteiger partial charge is 0.00498 e. The Morgan fingerprint density at radius 1 is 0.944 bits per heavy atom. The fourth-order valence-electron chi connectivity index (χ4n) is 2.51. The third kappa shape index (κ3) is 6.75. The van der Waals surface area contributed by atoms with Gasteiger partial charge in [0.15, 0.2) is 0 Å². The van der Waals surface area contributed by atoms with Crippen LogP contribution in [0.15, 0.2) is 0 Å². The third-order valence-electron chi connectivity index (χ3n) is 4.26.